The van der Waals surface area contributed by atoms with Gasteiger partial charge in [-0.2, -0.15) is 13.2 Å². The molecule has 0 heterocycles. The lowest BCUT2D eigenvalue weighted by atomic mass is 10.1. The number of benzene rings is 1. The van der Waals surface area contributed by atoms with Gasteiger partial charge in [-0.15, -0.1) is 0 Å². The third kappa shape index (κ3) is 2.92. The van der Waals surface area contributed by atoms with E-state index in [1.807, 2.05) is 0 Å². The van der Waals surface area contributed by atoms with E-state index in [0.29, 0.717) is 5.75 Å². The van der Waals surface area contributed by atoms with Crippen molar-refractivity contribution in [3.63, 3.8) is 0 Å². The van der Waals surface area contributed by atoms with Crippen molar-refractivity contribution in [3.8, 4) is 5.75 Å². The molecule has 0 aromatic heterocycles. The van der Waals surface area contributed by atoms with E-state index in [9.17, 15) is 13.2 Å². The number of methoxy groups -OCH3 is 2. The van der Waals surface area contributed by atoms with Gasteiger partial charge in [0.1, 0.15) is 5.75 Å². The first-order chi connectivity index (χ1) is 7.49. The van der Waals surface area contributed by atoms with Gasteiger partial charge in [0.05, 0.1) is 26.0 Å². The maximum Gasteiger partial charge on any atom is 0.416 e. The summed E-state index contributed by atoms with van der Waals surface area (Å²) in [6.07, 6.45) is -1.96. The molecular weight excluding hydrogens is 221 g/mol. The van der Waals surface area contributed by atoms with Crippen LogP contribution in [0.3, 0.4) is 0 Å². The highest BCUT2D eigenvalue weighted by Crippen LogP contribution is 2.34. The Balaban J connectivity index is 3.22. The Hall–Kier alpha value is -1.65. The van der Waals surface area contributed by atoms with Crippen LogP contribution in [-0.4, -0.2) is 14.2 Å². The van der Waals surface area contributed by atoms with E-state index >= 15 is 0 Å². The maximum absolute atomic E-state index is 12.6. The lowest BCUT2D eigenvalue weighted by molar-refractivity contribution is -0.137. The van der Waals surface area contributed by atoms with E-state index in [0.717, 1.165) is 6.07 Å². The molecule has 88 valence electrons. The monoisotopic (exact) mass is 232 g/mol. The van der Waals surface area contributed by atoms with Crippen LogP contribution in [-0.2, 0) is 10.9 Å². The zero-order chi connectivity index (χ0) is 12.2. The Bertz CT molecular complexity index is 383. The molecule has 5 heteroatoms. The summed E-state index contributed by atoms with van der Waals surface area (Å²) in [7, 11) is 2.76. The van der Waals surface area contributed by atoms with Crippen LogP contribution in [0.5, 0.6) is 5.75 Å². The highest BCUT2D eigenvalue weighted by molar-refractivity contribution is 5.56. The second-order valence-corrected chi connectivity index (χ2v) is 2.99. The first-order valence-corrected chi connectivity index (χ1v) is 4.43. The van der Waals surface area contributed by atoms with E-state index in [4.69, 9.17) is 4.74 Å². The van der Waals surface area contributed by atoms with Crippen molar-refractivity contribution in [2.24, 2.45) is 0 Å². The van der Waals surface area contributed by atoms with Crippen LogP contribution in [0, 0.1) is 0 Å². The van der Waals surface area contributed by atoms with Gasteiger partial charge in [0, 0.05) is 0 Å². The second kappa shape index (κ2) is 4.92. The minimum Gasteiger partial charge on any atom is -0.504 e. The van der Waals surface area contributed by atoms with Crippen LogP contribution in [0.2, 0.25) is 0 Å². The molecule has 0 radical (unpaired) electrons. The van der Waals surface area contributed by atoms with Gasteiger partial charge in [0.15, 0.2) is 0 Å². The molecule has 0 N–H and O–H groups in total. The van der Waals surface area contributed by atoms with Crippen molar-refractivity contribution in [3.05, 3.63) is 35.6 Å². The molecule has 0 atom stereocenters. The Kier molecular flexibility index (Phi) is 3.82. The second-order valence-electron chi connectivity index (χ2n) is 2.99. The van der Waals surface area contributed by atoms with Gasteiger partial charge in [0.2, 0.25) is 0 Å². The van der Waals surface area contributed by atoms with Gasteiger partial charge in [0.25, 0.3) is 0 Å². The summed E-state index contributed by atoms with van der Waals surface area (Å²) in [5.74, 6) is 0.365. The molecular formula is C11H11F3O2. The van der Waals surface area contributed by atoms with E-state index in [-0.39, 0.29) is 5.56 Å². The van der Waals surface area contributed by atoms with E-state index < -0.39 is 11.7 Å². The van der Waals surface area contributed by atoms with Crippen molar-refractivity contribution in [2.75, 3.05) is 14.2 Å². The molecule has 0 aliphatic carbocycles. The molecule has 1 aromatic carbocycles. The minimum absolute atomic E-state index is 0.00806. The largest absolute Gasteiger partial charge is 0.504 e. The molecule has 16 heavy (non-hydrogen) atoms. The summed E-state index contributed by atoms with van der Waals surface area (Å²) >= 11 is 0. The lowest BCUT2D eigenvalue weighted by Crippen LogP contribution is -2.07. The number of alkyl halides is 3. The summed E-state index contributed by atoms with van der Waals surface area (Å²) in [6, 6.07) is 3.56. The quantitative estimate of drug-likeness (QED) is 0.744. The summed E-state index contributed by atoms with van der Waals surface area (Å²) < 4.78 is 47.2. The molecule has 0 aliphatic heterocycles. The number of rotatable bonds is 3. The molecule has 0 spiro atoms. The smallest absolute Gasteiger partial charge is 0.416 e. The number of hydrogen-bond donors (Lipinski definition) is 0. The molecule has 0 saturated heterocycles. The normalized spacial score (nSPS) is 11.8. The highest BCUT2D eigenvalue weighted by Gasteiger charge is 2.32. The summed E-state index contributed by atoms with van der Waals surface area (Å²) in [4.78, 5) is 0. The zero-order valence-corrected chi connectivity index (χ0v) is 8.84. The van der Waals surface area contributed by atoms with Crippen molar-refractivity contribution in [2.45, 2.75) is 6.18 Å². The van der Waals surface area contributed by atoms with Gasteiger partial charge in [-0.05, 0) is 29.8 Å². The fourth-order valence-electron chi connectivity index (χ4n) is 1.21. The predicted octanol–water partition coefficient (Wildman–Crippen LogP) is 3.33. The molecule has 1 rings (SSSR count). The fraction of sp³-hybridized carbons (Fsp3) is 0.273. The van der Waals surface area contributed by atoms with Crippen LogP contribution in [0.15, 0.2) is 24.5 Å². The first kappa shape index (κ1) is 12.4. The fourth-order valence-corrected chi connectivity index (χ4v) is 1.21. The van der Waals surface area contributed by atoms with Gasteiger partial charge >= 0.3 is 6.18 Å². The molecule has 0 fully saturated rings. The summed E-state index contributed by atoms with van der Waals surface area (Å²) in [5.41, 5.74) is -0.713. The first-order valence-electron chi connectivity index (χ1n) is 4.43. The Labute approximate surface area is 91.3 Å². The third-order valence-corrected chi connectivity index (χ3v) is 1.95. The Morgan fingerprint density at radius 1 is 1.19 bits per heavy atom. The molecule has 0 amide bonds. The topological polar surface area (TPSA) is 18.5 Å². The number of hydrogen-bond acceptors (Lipinski definition) is 2. The molecule has 0 saturated carbocycles. The van der Waals surface area contributed by atoms with Crippen LogP contribution >= 0.6 is 0 Å². The summed E-state index contributed by atoms with van der Waals surface area (Å²) in [5, 5.41) is 0. The Morgan fingerprint density at radius 2 is 1.88 bits per heavy atom. The average molecular weight is 232 g/mol. The van der Waals surface area contributed by atoms with Gasteiger partial charge < -0.3 is 9.47 Å². The maximum atomic E-state index is 12.6. The van der Waals surface area contributed by atoms with Crippen LogP contribution in [0.4, 0.5) is 13.2 Å². The Morgan fingerprint density at radius 3 is 2.38 bits per heavy atom. The number of ether oxygens (including phenoxy) is 2. The van der Waals surface area contributed by atoms with Gasteiger partial charge in [-0.1, -0.05) is 0 Å². The van der Waals surface area contributed by atoms with Crippen molar-refractivity contribution in [1.29, 1.82) is 0 Å². The van der Waals surface area contributed by atoms with Crippen LogP contribution in [0.1, 0.15) is 11.1 Å². The minimum atomic E-state index is -4.39. The molecule has 1 aromatic rings. The van der Waals surface area contributed by atoms with Crippen molar-refractivity contribution < 1.29 is 22.6 Å². The predicted molar refractivity (Wildman–Crippen MR) is 54.0 cm³/mol. The molecule has 0 bridgehead atoms. The van der Waals surface area contributed by atoms with E-state index in [1.54, 1.807) is 0 Å². The molecule has 2 nitrogen and oxygen atoms in total. The van der Waals surface area contributed by atoms with E-state index in [2.05, 4.69) is 4.74 Å². The van der Waals surface area contributed by atoms with Crippen LogP contribution in [0.25, 0.3) is 6.08 Å². The highest BCUT2D eigenvalue weighted by atomic mass is 19.4. The van der Waals surface area contributed by atoms with Crippen molar-refractivity contribution in [1.82, 2.24) is 0 Å². The van der Waals surface area contributed by atoms with Crippen LogP contribution < -0.4 is 4.74 Å². The molecule has 0 aliphatic rings. The van der Waals surface area contributed by atoms with Crippen molar-refractivity contribution >= 4 is 6.08 Å². The van der Waals surface area contributed by atoms with E-state index in [1.165, 1.54) is 38.7 Å². The van der Waals surface area contributed by atoms with Gasteiger partial charge in [-0.3, -0.25) is 0 Å². The van der Waals surface area contributed by atoms with Gasteiger partial charge in [-0.25, -0.2) is 0 Å². The molecule has 0 unspecified atom stereocenters. The SMILES string of the molecule is CO/C=C/c1cc(OC)ccc1C(F)(F)F. The summed E-state index contributed by atoms with van der Waals surface area (Å²) in [6.45, 7) is 0. The third-order valence-electron chi connectivity index (χ3n) is 1.95. The lowest BCUT2D eigenvalue weighted by Gasteiger charge is -2.11. The standard InChI is InChI=1S/C11H11F3O2/c1-15-6-5-8-7-9(16-2)3-4-10(8)11(12,13)14/h3-7H,1-2H3/b6-5+. The zero-order valence-electron chi connectivity index (χ0n) is 8.84. The average Bonchev–Trinajstić information content (AvgIpc) is 2.24. The number of halogens is 3.